The number of rotatable bonds is 2. The second kappa shape index (κ2) is 3.80. The molecule has 1 aromatic rings. The van der Waals surface area contributed by atoms with Crippen LogP contribution in [-0.4, -0.2) is 5.21 Å². The first-order valence-electron chi connectivity index (χ1n) is 3.16. The Balaban J connectivity index is 3.14. The van der Waals surface area contributed by atoms with Crippen molar-refractivity contribution in [2.75, 3.05) is 0 Å². The fraction of sp³-hybridized carbons (Fsp3) is 0.143. The van der Waals surface area contributed by atoms with Gasteiger partial charge in [0, 0.05) is 5.56 Å². The molecular weight excluding hydrogens is 188 g/mol. The molecule has 0 spiro atoms. The highest BCUT2D eigenvalue weighted by Gasteiger charge is 2.11. The highest BCUT2D eigenvalue weighted by molar-refractivity contribution is 6.30. The smallest absolute Gasteiger partial charge is 0.149 e. The molecule has 0 aliphatic heterocycles. The summed E-state index contributed by atoms with van der Waals surface area (Å²) in [6, 6.07) is 2.16. The van der Waals surface area contributed by atoms with Crippen LogP contribution in [0, 0.1) is 11.6 Å². The minimum atomic E-state index is -0.849. The van der Waals surface area contributed by atoms with Crippen LogP contribution in [0.15, 0.2) is 12.1 Å². The Morgan fingerprint density at radius 2 is 2.08 bits per heavy atom. The van der Waals surface area contributed by atoms with Crippen molar-refractivity contribution in [1.29, 1.82) is 0 Å². The third-order valence-corrected chi connectivity index (χ3v) is 1.69. The topological polar surface area (TPSA) is 32.3 Å². The quantitative estimate of drug-likeness (QED) is 0.557. The van der Waals surface area contributed by atoms with E-state index >= 15 is 0 Å². The highest BCUT2D eigenvalue weighted by atomic mass is 35.5. The van der Waals surface area contributed by atoms with Crippen LogP contribution < -0.4 is 5.48 Å². The summed E-state index contributed by atoms with van der Waals surface area (Å²) in [5, 5.41) is 8.07. The summed E-state index contributed by atoms with van der Waals surface area (Å²) in [5.41, 5.74) is 1.38. The molecule has 0 heterocycles. The van der Waals surface area contributed by atoms with E-state index in [1.807, 2.05) is 0 Å². The molecule has 66 valence electrons. The van der Waals surface area contributed by atoms with E-state index in [-0.39, 0.29) is 17.1 Å². The number of nitrogens with one attached hydrogen (secondary N) is 1. The van der Waals surface area contributed by atoms with Crippen LogP contribution in [0.2, 0.25) is 5.02 Å². The lowest BCUT2D eigenvalue weighted by molar-refractivity contribution is 0.158. The van der Waals surface area contributed by atoms with E-state index in [0.29, 0.717) is 0 Å². The van der Waals surface area contributed by atoms with Gasteiger partial charge in [0.05, 0.1) is 11.6 Å². The van der Waals surface area contributed by atoms with Crippen LogP contribution in [0.4, 0.5) is 8.78 Å². The Bertz CT molecular complexity index is 293. The standard InChI is InChI=1S/C7H6ClF2NO/c8-5-1-2-6(9)4(3-11-12)7(5)10/h1-2,11-12H,3H2. The van der Waals surface area contributed by atoms with Crippen molar-refractivity contribution < 1.29 is 14.0 Å². The molecule has 0 radical (unpaired) electrons. The number of halogens is 3. The molecule has 0 amide bonds. The van der Waals surface area contributed by atoms with E-state index in [4.69, 9.17) is 16.8 Å². The van der Waals surface area contributed by atoms with Crippen molar-refractivity contribution in [2.24, 2.45) is 0 Å². The fourth-order valence-corrected chi connectivity index (χ4v) is 0.987. The summed E-state index contributed by atoms with van der Waals surface area (Å²) in [7, 11) is 0. The predicted octanol–water partition coefficient (Wildman–Crippen LogP) is 2.10. The van der Waals surface area contributed by atoms with Gasteiger partial charge in [-0.05, 0) is 12.1 Å². The third-order valence-electron chi connectivity index (χ3n) is 1.39. The first-order chi connectivity index (χ1) is 5.66. The number of hydrogen-bond acceptors (Lipinski definition) is 2. The number of benzene rings is 1. The largest absolute Gasteiger partial charge is 0.316 e. The number of hydrogen-bond donors (Lipinski definition) is 2. The first kappa shape index (κ1) is 9.38. The molecule has 0 unspecified atom stereocenters. The molecule has 1 aromatic carbocycles. The maximum Gasteiger partial charge on any atom is 0.149 e. The monoisotopic (exact) mass is 193 g/mol. The lowest BCUT2D eigenvalue weighted by Crippen LogP contribution is -2.10. The van der Waals surface area contributed by atoms with E-state index < -0.39 is 11.6 Å². The van der Waals surface area contributed by atoms with Crippen LogP contribution in [0.1, 0.15) is 5.56 Å². The van der Waals surface area contributed by atoms with Crippen LogP contribution >= 0.6 is 11.6 Å². The second-order valence-corrected chi connectivity index (χ2v) is 2.56. The van der Waals surface area contributed by atoms with Gasteiger partial charge in [0.15, 0.2) is 0 Å². The zero-order valence-electron chi connectivity index (χ0n) is 5.94. The van der Waals surface area contributed by atoms with Crippen LogP contribution in [-0.2, 0) is 6.54 Å². The molecule has 0 saturated carbocycles. The van der Waals surface area contributed by atoms with Gasteiger partial charge in [-0.3, -0.25) is 0 Å². The van der Waals surface area contributed by atoms with Gasteiger partial charge in [0.25, 0.3) is 0 Å². The molecular formula is C7H6ClF2NO. The van der Waals surface area contributed by atoms with Crippen LogP contribution in [0.3, 0.4) is 0 Å². The van der Waals surface area contributed by atoms with Crippen LogP contribution in [0.5, 0.6) is 0 Å². The predicted molar refractivity (Wildman–Crippen MR) is 40.0 cm³/mol. The molecule has 1 rings (SSSR count). The molecule has 2 nitrogen and oxygen atoms in total. The molecule has 0 bridgehead atoms. The van der Waals surface area contributed by atoms with E-state index in [1.54, 1.807) is 5.48 Å². The van der Waals surface area contributed by atoms with Crippen molar-refractivity contribution in [3.8, 4) is 0 Å². The lowest BCUT2D eigenvalue weighted by atomic mass is 10.2. The molecule has 0 aliphatic carbocycles. The Kier molecular flexibility index (Phi) is 2.97. The maximum atomic E-state index is 12.9. The minimum absolute atomic E-state index is 0.165. The van der Waals surface area contributed by atoms with Crippen molar-refractivity contribution in [2.45, 2.75) is 6.54 Å². The lowest BCUT2D eigenvalue weighted by Gasteiger charge is -2.03. The molecule has 5 heteroatoms. The van der Waals surface area contributed by atoms with Crippen molar-refractivity contribution in [1.82, 2.24) is 5.48 Å². The Labute approximate surface area is 72.7 Å². The van der Waals surface area contributed by atoms with Crippen molar-refractivity contribution in [3.05, 3.63) is 34.4 Å². The molecule has 0 atom stereocenters. The van der Waals surface area contributed by atoms with Gasteiger partial charge in [0.2, 0.25) is 0 Å². The summed E-state index contributed by atoms with van der Waals surface area (Å²) in [6.45, 7) is -0.307. The summed E-state index contributed by atoms with van der Waals surface area (Å²) in [5.74, 6) is -1.59. The highest BCUT2D eigenvalue weighted by Crippen LogP contribution is 2.20. The van der Waals surface area contributed by atoms with Gasteiger partial charge in [-0.2, -0.15) is 0 Å². The first-order valence-corrected chi connectivity index (χ1v) is 3.54. The number of hydroxylamine groups is 1. The van der Waals surface area contributed by atoms with Gasteiger partial charge in [-0.15, -0.1) is 0 Å². The van der Waals surface area contributed by atoms with Gasteiger partial charge in [0.1, 0.15) is 11.6 Å². The van der Waals surface area contributed by atoms with E-state index in [9.17, 15) is 8.78 Å². The normalized spacial score (nSPS) is 10.3. The molecule has 0 fully saturated rings. The maximum absolute atomic E-state index is 12.9. The van der Waals surface area contributed by atoms with E-state index in [2.05, 4.69) is 0 Å². The summed E-state index contributed by atoms with van der Waals surface area (Å²) in [4.78, 5) is 0. The molecule has 12 heavy (non-hydrogen) atoms. The molecule has 0 aromatic heterocycles. The van der Waals surface area contributed by atoms with Gasteiger partial charge in [-0.1, -0.05) is 11.6 Å². The summed E-state index contributed by atoms with van der Waals surface area (Å²) in [6.07, 6.45) is 0. The fourth-order valence-electron chi connectivity index (χ4n) is 0.810. The summed E-state index contributed by atoms with van der Waals surface area (Å²) < 4.78 is 25.7. The Morgan fingerprint density at radius 1 is 1.42 bits per heavy atom. The van der Waals surface area contributed by atoms with Gasteiger partial charge < -0.3 is 5.21 Å². The minimum Gasteiger partial charge on any atom is -0.316 e. The third kappa shape index (κ3) is 1.72. The van der Waals surface area contributed by atoms with Crippen molar-refractivity contribution >= 4 is 11.6 Å². The Morgan fingerprint density at radius 3 is 2.67 bits per heavy atom. The second-order valence-electron chi connectivity index (χ2n) is 2.16. The molecule has 0 aliphatic rings. The van der Waals surface area contributed by atoms with Crippen LogP contribution in [0.25, 0.3) is 0 Å². The van der Waals surface area contributed by atoms with E-state index in [0.717, 1.165) is 12.1 Å². The average molecular weight is 194 g/mol. The summed E-state index contributed by atoms with van der Waals surface area (Å²) >= 11 is 5.37. The van der Waals surface area contributed by atoms with Crippen molar-refractivity contribution in [3.63, 3.8) is 0 Å². The van der Waals surface area contributed by atoms with Gasteiger partial charge >= 0.3 is 0 Å². The SMILES string of the molecule is ONCc1c(F)ccc(Cl)c1F. The van der Waals surface area contributed by atoms with E-state index in [1.165, 1.54) is 0 Å². The Hall–Kier alpha value is -0.710. The zero-order chi connectivity index (χ0) is 9.14. The molecule has 2 N–H and O–H groups in total. The average Bonchev–Trinajstić information content (AvgIpc) is 2.06. The molecule has 0 saturated heterocycles. The van der Waals surface area contributed by atoms with Gasteiger partial charge in [-0.25, -0.2) is 14.3 Å². The zero-order valence-corrected chi connectivity index (χ0v) is 6.70.